The first-order valence-electron chi connectivity index (χ1n) is 6.06. The molecule has 1 atom stereocenters. The van der Waals surface area contributed by atoms with Crippen LogP contribution in [0.1, 0.15) is 24.2 Å². The third kappa shape index (κ3) is 2.54. The molecule has 2 rings (SSSR count). The molecule has 0 bridgehead atoms. The largest absolute Gasteiger partial charge is 0.468 e. The van der Waals surface area contributed by atoms with Gasteiger partial charge in [0.25, 0.3) is 0 Å². The van der Waals surface area contributed by atoms with Crippen LogP contribution in [0.2, 0.25) is 0 Å². The van der Waals surface area contributed by atoms with Crippen molar-refractivity contribution in [2.75, 3.05) is 13.9 Å². The molecule has 1 aromatic rings. The molecule has 1 unspecified atom stereocenters. The van der Waals surface area contributed by atoms with E-state index in [2.05, 4.69) is 0 Å². The monoisotopic (exact) mass is 264 g/mol. The second-order valence-electron chi connectivity index (χ2n) is 4.68. The molecule has 0 radical (unpaired) electrons. The lowest BCUT2D eigenvalue weighted by molar-refractivity contribution is -0.144. The minimum absolute atomic E-state index is 0.134. The predicted molar refractivity (Wildman–Crippen MR) is 67.2 cm³/mol. The highest BCUT2D eigenvalue weighted by molar-refractivity contribution is 6.09. The van der Waals surface area contributed by atoms with Gasteiger partial charge in [0.2, 0.25) is 6.79 Å². The van der Waals surface area contributed by atoms with Gasteiger partial charge in [0.05, 0.1) is 7.11 Å². The lowest BCUT2D eigenvalue weighted by Gasteiger charge is -2.17. The smallest absolute Gasteiger partial charge is 0.316 e. The Bertz CT molecular complexity index is 507. The van der Waals surface area contributed by atoms with Gasteiger partial charge in [-0.3, -0.25) is 9.59 Å². The number of ketones is 1. The number of carbonyl (C=O) groups is 2. The third-order valence-corrected chi connectivity index (χ3v) is 3.06. The lowest BCUT2D eigenvalue weighted by atomic mass is 9.88. The van der Waals surface area contributed by atoms with E-state index in [0.717, 1.165) is 0 Å². The van der Waals surface area contributed by atoms with Crippen molar-refractivity contribution in [1.29, 1.82) is 0 Å². The SMILES string of the molecule is COC(=O)C(C(=O)c1ccc2c(c1)OCO2)C(C)C. The number of carbonyl (C=O) groups excluding carboxylic acids is 2. The lowest BCUT2D eigenvalue weighted by Crippen LogP contribution is -2.30. The van der Waals surface area contributed by atoms with Crippen molar-refractivity contribution in [3.63, 3.8) is 0 Å². The Kier molecular flexibility index (Phi) is 3.74. The highest BCUT2D eigenvalue weighted by atomic mass is 16.7. The average Bonchev–Trinajstić information content (AvgIpc) is 2.85. The molecule has 0 fully saturated rings. The van der Waals surface area contributed by atoms with E-state index in [1.165, 1.54) is 7.11 Å². The summed E-state index contributed by atoms with van der Waals surface area (Å²) >= 11 is 0. The maximum atomic E-state index is 12.4. The van der Waals surface area contributed by atoms with Crippen molar-refractivity contribution >= 4 is 11.8 Å². The van der Waals surface area contributed by atoms with Gasteiger partial charge in [0.1, 0.15) is 5.92 Å². The predicted octanol–water partition coefficient (Wildman–Crippen LogP) is 2.04. The number of Topliss-reactive ketones (excluding diaryl/α,β-unsaturated/α-hetero) is 1. The van der Waals surface area contributed by atoms with Crippen LogP contribution < -0.4 is 9.47 Å². The Morgan fingerprint density at radius 3 is 2.53 bits per heavy atom. The molecular formula is C14H16O5. The quantitative estimate of drug-likeness (QED) is 0.473. The van der Waals surface area contributed by atoms with Gasteiger partial charge >= 0.3 is 5.97 Å². The number of hydrogen-bond donors (Lipinski definition) is 0. The highest BCUT2D eigenvalue weighted by Crippen LogP contribution is 2.33. The van der Waals surface area contributed by atoms with E-state index in [1.54, 1.807) is 18.2 Å². The summed E-state index contributed by atoms with van der Waals surface area (Å²) in [5, 5.41) is 0. The molecule has 0 spiro atoms. The van der Waals surface area contributed by atoms with E-state index in [-0.39, 0.29) is 18.5 Å². The molecule has 102 valence electrons. The van der Waals surface area contributed by atoms with Gasteiger partial charge in [0, 0.05) is 5.56 Å². The number of methoxy groups -OCH3 is 1. The van der Waals surface area contributed by atoms with Crippen LogP contribution in [0.25, 0.3) is 0 Å². The molecule has 1 aliphatic rings. The molecule has 0 amide bonds. The van der Waals surface area contributed by atoms with Crippen molar-refractivity contribution in [2.45, 2.75) is 13.8 Å². The molecule has 1 aliphatic heterocycles. The van der Waals surface area contributed by atoms with Crippen molar-refractivity contribution in [2.24, 2.45) is 11.8 Å². The van der Waals surface area contributed by atoms with E-state index in [4.69, 9.17) is 14.2 Å². The second-order valence-corrected chi connectivity index (χ2v) is 4.68. The Labute approximate surface area is 111 Å². The standard InChI is InChI=1S/C14H16O5/c1-8(2)12(14(16)17-3)13(15)9-4-5-10-11(6-9)19-7-18-10/h4-6,8,12H,7H2,1-3H3. The van der Waals surface area contributed by atoms with Crippen LogP contribution in [-0.2, 0) is 9.53 Å². The van der Waals surface area contributed by atoms with Gasteiger partial charge in [-0.2, -0.15) is 0 Å². The van der Waals surface area contributed by atoms with Gasteiger partial charge < -0.3 is 14.2 Å². The van der Waals surface area contributed by atoms with E-state index in [0.29, 0.717) is 17.1 Å². The van der Waals surface area contributed by atoms with Crippen LogP contribution in [0.15, 0.2) is 18.2 Å². The molecular weight excluding hydrogens is 248 g/mol. The minimum Gasteiger partial charge on any atom is -0.468 e. The number of esters is 1. The zero-order chi connectivity index (χ0) is 14.0. The summed E-state index contributed by atoms with van der Waals surface area (Å²) in [7, 11) is 1.28. The average molecular weight is 264 g/mol. The Hall–Kier alpha value is -2.04. The first-order chi connectivity index (χ1) is 9.04. The number of fused-ring (bicyclic) bond motifs is 1. The topological polar surface area (TPSA) is 61.8 Å². The number of benzene rings is 1. The molecule has 0 saturated heterocycles. The summed E-state index contributed by atoms with van der Waals surface area (Å²) in [6, 6.07) is 4.90. The molecule has 0 N–H and O–H groups in total. The van der Waals surface area contributed by atoms with Crippen LogP contribution in [0, 0.1) is 11.8 Å². The second kappa shape index (κ2) is 5.30. The fourth-order valence-corrected chi connectivity index (χ4v) is 2.04. The van der Waals surface area contributed by atoms with Crippen molar-refractivity contribution in [3.8, 4) is 11.5 Å². The summed E-state index contributed by atoms with van der Waals surface area (Å²) in [6.45, 7) is 3.77. The Morgan fingerprint density at radius 1 is 1.21 bits per heavy atom. The van der Waals surface area contributed by atoms with Crippen LogP contribution in [0.4, 0.5) is 0 Å². The van der Waals surface area contributed by atoms with E-state index in [9.17, 15) is 9.59 Å². The normalized spacial score (nSPS) is 14.3. The van der Waals surface area contributed by atoms with Crippen LogP contribution >= 0.6 is 0 Å². The number of ether oxygens (including phenoxy) is 3. The van der Waals surface area contributed by atoms with E-state index < -0.39 is 11.9 Å². The molecule has 5 nitrogen and oxygen atoms in total. The minimum atomic E-state index is -0.801. The molecule has 0 aromatic heterocycles. The maximum absolute atomic E-state index is 12.4. The fraction of sp³-hybridized carbons (Fsp3) is 0.429. The molecule has 5 heteroatoms. The molecule has 0 aliphatic carbocycles. The van der Waals surface area contributed by atoms with Gasteiger partial charge in [0.15, 0.2) is 17.3 Å². The van der Waals surface area contributed by atoms with Gasteiger partial charge in [-0.05, 0) is 24.1 Å². The van der Waals surface area contributed by atoms with Crippen molar-refractivity contribution in [3.05, 3.63) is 23.8 Å². The zero-order valence-corrected chi connectivity index (χ0v) is 11.1. The molecule has 19 heavy (non-hydrogen) atoms. The fourth-order valence-electron chi connectivity index (χ4n) is 2.04. The first-order valence-corrected chi connectivity index (χ1v) is 6.06. The number of rotatable bonds is 4. The summed E-state index contributed by atoms with van der Waals surface area (Å²) in [5.74, 6) is -0.581. The Balaban J connectivity index is 2.29. The first kappa shape index (κ1) is 13.4. The van der Waals surface area contributed by atoms with Gasteiger partial charge in [-0.1, -0.05) is 13.8 Å². The summed E-state index contributed by atoms with van der Waals surface area (Å²) in [6.07, 6.45) is 0. The third-order valence-electron chi connectivity index (χ3n) is 3.06. The van der Waals surface area contributed by atoms with Crippen molar-refractivity contribution in [1.82, 2.24) is 0 Å². The van der Waals surface area contributed by atoms with Crippen molar-refractivity contribution < 1.29 is 23.8 Å². The van der Waals surface area contributed by atoms with E-state index >= 15 is 0 Å². The number of hydrogen-bond acceptors (Lipinski definition) is 5. The summed E-state index contributed by atoms with van der Waals surface area (Å²) < 4.78 is 15.1. The summed E-state index contributed by atoms with van der Waals surface area (Å²) in [5.41, 5.74) is 0.424. The van der Waals surface area contributed by atoms with Crippen LogP contribution in [0.5, 0.6) is 11.5 Å². The van der Waals surface area contributed by atoms with E-state index in [1.807, 2.05) is 13.8 Å². The molecule has 1 heterocycles. The zero-order valence-electron chi connectivity index (χ0n) is 11.1. The van der Waals surface area contributed by atoms with Crippen LogP contribution in [-0.4, -0.2) is 25.7 Å². The van der Waals surface area contributed by atoms with Crippen LogP contribution in [0.3, 0.4) is 0 Å². The Morgan fingerprint density at radius 2 is 1.89 bits per heavy atom. The molecule has 0 saturated carbocycles. The van der Waals surface area contributed by atoms with Gasteiger partial charge in [-0.15, -0.1) is 0 Å². The maximum Gasteiger partial charge on any atom is 0.316 e. The summed E-state index contributed by atoms with van der Waals surface area (Å²) in [4.78, 5) is 24.1. The molecule has 1 aromatic carbocycles. The van der Waals surface area contributed by atoms with Gasteiger partial charge in [-0.25, -0.2) is 0 Å². The highest BCUT2D eigenvalue weighted by Gasteiger charge is 2.32.